The van der Waals surface area contributed by atoms with Gasteiger partial charge in [-0.15, -0.1) is 0 Å². The molecule has 0 aromatic heterocycles. The standard InChI is InChI=1S/C11H16NO2PS/c1-9-8-10(2)14-15(16,13-9)12-11-6-4-3-5-7-11/h3-7,9-10H,8H2,1-2H3,(H,12,16). The van der Waals surface area contributed by atoms with E-state index in [9.17, 15) is 0 Å². The fraction of sp³-hybridized carbons (Fsp3) is 0.455. The third kappa shape index (κ3) is 3.05. The van der Waals surface area contributed by atoms with Gasteiger partial charge in [-0.1, -0.05) is 18.2 Å². The van der Waals surface area contributed by atoms with E-state index in [4.69, 9.17) is 20.9 Å². The Morgan fingerprint density at radius 2 is 1.75 bits per heavy atom. The SMILES string of the molecule is CC1CC(C)OP(=S)(Nc2ccccc2)O1. The van der Waals surface area contributed by atoms with Gasteiger partial charge in [0, 0.05) is 12.1 Å². The second kappa shape index (κ2) is 4.84. The number of para-hydroxylation sites is 1. The number of hydrogen-bond donors (Lipinski definition) is 1. The predicted molar refractivity (Wildman–Crippen MR) is 70.1 cm³/mol. The Balaban J connectivity index is 2.11. The average molecular weight is 257 g/mol. The molecule has 3 nitrogen and oxygen atoms in total. The summed E-state index contributed by atoms with van der Waals surface area (Å²) in [7, 11) is 0. The van der Waals surface area contributed by atoms with Crippen molar-refractivity contribution in [3.63, 3.8) is 0 Å². The van der Waals surface area contributed by atoms with Gasteiger partial charge in [-0.05, 0) is 37.8 Å². The fourth-order valence-corrected chi connectivity index (χ4v) is 4.71. The Morgan fingerprint density at radius 3 is 2.31 bits per heavy atom. The topological polar surface area (TPSA) is 30.5 Å². The molecule has 0 saturated carbocycles. The highest BCUT2D eigenvalue weighted by Crippen LogP contribution is 2.54. The van der Waals surface area contributed by atoms with Crippen LogP contribution in [-0.4, -0.2) is 12.2 Å². The Bertz CT molecular complexity index is 384. The summed E-state index contributed by atoms with van der Waals surface area (Å²) in [5.41, 5.74) is 0.951. The van der Waals surface area contributed by atoms with Gasteiger partial charge in [0.2, 0.25) is 0 Å². The van der Waals surface area contributed by atoms with Crippen molar-refractivity contribution in [3.05, 3.63) is 30.3 Å². The van der Waals surface area contributed by atoms with E-state index in [0.717, 1.165) is 12.1 Å². The Morgan fingerprint density at radius 1 is 1.19 bits per heavy atom. The summed E-state index contributed by atoms with van der Waals surface area (Å²) in [5, 5.41) is 3.20. The van der Waals surface area contributed by atoms with Crippen LogP contribution in [0.5, 0.6) is 0 Å². The van der Waals surface area contributed by atoms with Crippen LogP contribution < -0.4 is 5.09 Å². The lowest BCUT2D eigenvalue weighted by Gasteiger charge is -2.35. The molecule has 0 radical (unpaired) electrons. The molecule has 2 unspecified atom stereocenters. The zero-order chi connectivity index (χ0) is 11.6. The second-order valence-electron chi connectivity index (χ2n) is 4.04. The lowest BCUT2D eigenvalue weighted by molar-refractivity contribution is 0.0728. The summed E-state index contributed by atoms with van der Waals surface area (Å²) in [6, 6.07) is 9.81. The molecule has 16 heavy (non-hydrogen) atoms. The highest BCUT2D eigenvalue weighted by atomic mass is 32.5. The summed E-state index contributed by atoms with van der Waals surface area (Å²) >= 11 is 5.45. The molecule has 5 heteroatoms. The first kappa shape index (κ1) is 12.1. The molecule has 1 saturated heterocycles. The van der Waals surface area contributed by atoms with Crippen LogP contribution in [0.1, 0.15) is 20.3 Å². The van der Waals surface area contributed by atoms with Gasteiger partial charge >= 0.3 is 0 Å². The quantitative estimate of drug-likeness (QED) is 0.821. The summed E-state index contributed by atoms with van der Waals surface area (Å²) < 4.78 is 11.5. The number of nitrogens with one attached hydrogen (secondary N) is 1. The maximum atomic E-state index is 5.74. The lowest BCUT2D eigenvalue weighted by atomic mass is 10.2. The highest BCUT2D eigenvalue weighted by Gasteiger charge is 2.31. The van der Waals surface area contributed by atoms with E-state index in [1.165, 1.54) is 0 Å². The van der Waals surface area contributed by atoms with E-state index in [-0.39, 0.29) is 12.2 Å². The molecule has 1 heterocycles. The van der Waals surface area contributed by atoms with Crippen molar-refractivity contribution < 1.29 is 9.05 Å². The van der Waals surface area contributed by atoms with E-state index in [1.54, 1.807) is 0 Å². The van der Waals surface area contributed by atoms with E-state index < -0.39 is 6.64 Å². The minimum atomic E-state index is -2.36. The van der Waals surface area contributed by atoms with Crippen molar-refractivity contribution >= 4 is 24.1 Å². The molecule has 0 bridgehead atoms. The van der Waals surface area contributed by atoms with Gasteiger partial charge in [0.05, 0.1) is 12.2 Å². The van der Waals surface area contributed by atoms with Gasteiger partial charge in [-0.2, -0.15) is 0 Å². The molecule has 88 valence electrons. The van der Waals surface area contributed by atoms with E-state index >= 15 is 0 Å². The predicted octanol–water partition coefficient (Wildman–Crippen LogP) is 3.54. The highest BCUT2D eigenvalue weighted by molar-refractivity contribution is 8.10. The maximum absolute atomic E-state index is 5.74. The third-order valence-corrected chi connectivity index (χ3v) is 4.94. The number of rotatable bonds is 2. The molecule has 2 rings (SSSR count). The third-order valence-electron chi connectivity index (χ3n) is 2.34. The smallest absolute Gasteiger partial charge is 0.288 e. The van der Waals surface area contributed by atoms with Gasteiger partial charge in [0.25, 0.3) is 6.64 Å². The molecule has 1 aliphatic heterocycles. The Hall–Kier alpha value is -0.410. The zero-order valence-corrected chi connectivity index (χ0v) is 11.1. The van der Waals surface area contributed by atoms with E-state index in [2.05, 4.69) is 5.09 Å². The first-order chi connectivity index (χ1) is 7.57. The van der Waals surface area contributed by atoms with Crippen molar-refractivity contribution in [1.82, 2.24) is 0 Å². The molecule has 0 amide bonds. The summed E-state index contributed by atoms with van der Waals surface area (Å²) in [4.78, 5) is 0. The average Bonchev–Trinajstić information content (AvgIpc) is 2.15. The molecule has 1 aliphatic rings. The summed E-state index contributed by atoms with van der Waals surface area (Å²) in [5.74, 6) is 0. The van der Waals surface area contributed by atoms with Crippen molar-refractivity contribution in [2.75, 3.05) is 5.09 Å². The Kier molecular flexibility index (Phi) is 3.65. The number of anilines is 1. The largest absolute Gasteiger partial charge is 0.316 e. The van der Waals surface area contributed by atoms with E-state index in [1.807, 2.05) is 44.2 Å². The van der Waals surface area contributed by atoms with Crippen LogP contribution in [0, 0.1) is 0 Å². The van der Waals surface area contributed by atoms with Crippen LogP contribution in [0.25, 0.3) is 0 Å². The van der Waals surface area contributed by atoms with Crippen LogP contribution in [0.15, 0.2) is 30.3 Å². The van der Waals surface area contributed by atoms with Crippen molar-refractivity contribution in [1.29, 1.82) is 0 Å². The molecule has 1 N–H and O–H groups in total. The van der Waals surface area contributed by atoms with Crippen LogP contribution in [0.3, 0.4) is 0 Å². The maximum Gasteiger partial charge on any atom is 0.288 e. The number of benzene rings is 1. The number of hydrogen-bond acceptors (Lipinski definition) is 3. The monoisotopic (exact) mass is 257 g/mol. The van der Waals surface area contributed by atoms with Crippen molar-refractivity contribution in [2.45, 2.75) is 32.5 Å². The fourth-order valence-electron chi connectivity index (χ4n) is 1.78. The first-order valence-corrected chi connectivity index (χ1v) is 8.01. The van der Waals surface area contributed by atoms with Gasteiger partial charge in [-0.3, -0.25) is 0 Å². The molecular formula is C11H16NO2PS. The van der Waals surface area contributed by atoms with Crippen molar-refractivity contribution in [2.24, 2.45) is 0 Å². The van der Waals surface area contributed by atoms with E-state index in [0.29, 0.717) is 0 Å². The second-order valence-corrected chi connectivity index (χ2v) is 7.13. The van der Waals surface area contributed by atoms with Crippen LogP contribution in [0.2, 0.25) is 0 Å². The van der Waals surface area contributed by atoms with Crippen molar-refractivity contribution in [3.8, 4) is 0 Å². The molecular weight excluding hydrogens is 241 g/mol. The molecule has 2 atom stereocenters. The zero-order valence-electron chi connectivity index (χ0n) is 9.42. The lowest BCUT2D eigenvalue weighted by Crippen LogP contribution is -2.26. The normalized spacial score (nSPS) is 34.6. The molecule has 1 aromatic rings. The van der Waals surface area contributed by atoms with Gasteiger partial charge in [0.1, 0.15) is 0 Å². The molecule has 0 aliphatic carbocycles. The van der Waals surface area contributed by atoms with Crippen LogP contribution in [-0.2, 0) is 20.9 Å². The minimum absolute atomic E-state index is 0.158. The summed E-state index contributed by atoms with van der Waals surface area (Å²) in [6.45, 7) is 1.70. The molecule has 0 spiro atoms. The summed E-state index contributed by atoms with van der Waals surface area (Å²) in [6.07, 6.45) is 1.21. The minimum Gasteiger partial charge on any atom is -0.316 e. The molecule has 1 fully saturated rings. The van der Waals surface area contributed by atoms with Crippen LogP contribution in [0.4, 0.5) is 5.69 Å². The Labute approximate surface area is 101 Å². The van der Waals surface area contributed by atoms with Crippen LogP contribution >= 0.6 is 6.64 Å². The van der Waals surface area contributed by atoms with Gasteiger partial charge < -0.3 is 14.1 Å². The van der Waals surface area contributed by atoms with Gasteiger partial charge in [-0.25, -0.2) is 0 Å². The molecule has 1 aromatic carbocycles. The first-order valence-electron chi connectivity index (χ1n) is 5.37. The van der Waals surface area contributed by atoms with Gasteiger partial charge in [0.15, 0.2) is 0 Å².